The molecule has 1 aromatic heterocycles. The third-order valence-electron chi connectivity index (χ3n) is 6.10. The van der Waals surface area contributed by atoms with Crippen molar-refractivity contribution < 1.29 is 18.9 Å². The Morgan fingerprint density at radius 1 is 0.944 bits per heavy atom. The summed E-state index contributed by atoms with van der Waals surface area (Å²) in [5.74, 6) is -0.230. The Hall–Kier alpha value is -4.37. The molecule has 0 atom stereocenters. The highest BCUT2D eigenvalue weighted by Gasteiger charge is 2.25. The number of hydrogen-bond donors (Lipinski definition) is 1. The van der Waals surface area contributed by atoms with Gasteiger partial charge in [-0.15, -0.1) is 0 Å². The normalized spacial score (nSPS) is 13.6. The maximum Gasteiger partial charge on any atom is 0.289 e. The molecule has 2 amide bonds. The molecule has 36 heavy (non-hydrogen) atoms. The van der Waals surface area contributed by atoms with Crippen LogP contribution in [0.2, 0.25) is 5.02 Å². The molecule has 9 nitrogen and oxygen atoms in total. The lowest BCUT2D eigenvalue weighted by molar-refractivity contribution is -0.384. The van der Waals surface area contributed by atoms with Crippen LogP contribution in [-0.2, 0) is 0 Å². The number of fused-ring (bicyclic) bond motifs is 1. The van der Waals surface area contributed by atoms with Crippen molar-refractivity contribution in [2.45, 2.75) is 0 Å². The number of nitrogens with one attached hydrogen (secondary N) is 1. The van der Waals surface area contributed by atoms with E-state index in [9.17, 15) is 19.7 Å². The van der Waals surface area contributed by atoms with E-state index in [-0.39, 0.29) is 22.2 Å². The Morgan fingerprint density at radius 2 is 1.67 bits per heavy atom. The molecule has 0 saturated carbocycles. The number of carbonyl (C=O) groups is 2. The van der Waals surface area contributed by atoms with E-state index < -0.39 is 10.8 Å². The van der Waals surface area contributed by atoms with E-state index in [1.54, 1.807) is 23.1 Å². The van der Waals surface area contributed by atoms with Crippen LogP contribution in [0.25, 0.3) is 11.0 Å². The number of nitro benzene ring substituents is 1. The Kier molecular flexibility index (Phi) is 6.30. The van der Waals surface area contributed by atoms with E-state index in [2.05, 4.69) is 10.2 Å². The number of halogens is 1. The van der Waals surface area contributed by atoms with Gasteiger partial charge in [0, 0.05) is 55.1 Å². The fourth-order valence-electron chi connectivity index (χ4n) is 4.17. The van der Waals surface area contributed by atoms with Crippen molar-refractivity contribution in [2.24, 2.45) is 0 Å². The molecule has 1 N–H and O–H groups in total. The fraction of sp³-hybridized carbons (Fsp3) is 0.154. The number of carbonyl (C=O) groups excluding carboxylic acids is 2. The minimum atomic E-state index is -0.569. The number of amides is 2. The number of benzene rings is 3. The number of furan rings is 1. The van der Waals surface area contributed by atoms with Gasteiger partial charge < -0.3 is 19.5 Å². The van der Waals surface area contributed by atoms with E-state index >= 15 is 0 Å². The van der Waals surface area contributed by atoms with Crippen LogP contribution in [0.4, 0.5) is 17.1 Å². The molecule has 0 radical (unpaired) electrons. The molecule has 4 aromatic rings. The highest BCUT2D eigenvalue weighted by atomic mass is 35.5. The zero-order chi connectivity index (χ0) is 25.2. The standard InChI is InChI=1S/C26H21ClN4O5/c27-22-16-20(31(34)35)9-10-21(22)25(32)28-18-5-7-19(8-6-18)29-11-13-30(14-12-29)26(33)24-15-17-3-1-2-4-23(17)36-24/h1-10,15-16H,11-14H2,(H,28,32). The molecule has 0 unspecified atom stereocenters. The second kappa shape index (κ2) is 9.71. The lowest BCUT2D eigenvalue weighted by Crippen LogP contribution is -2.48. The lowest BCUT2D eigenvalue weighted by atomic mass is 10.1. The minimum absolute atomic E-state index is 0.00776. The van der Waals surface area contributed by atoms with Gasteiger partial charge in [0.1, 0.15) is 5.58 Å². The van der Waals surface area contributed by atoms with Gasteiger partial charge >= 0.3 is 0 Å². The van der Waals surface area contributed by atoms with Crippen LogP contribution in [0.1, 0.15) is 20.9 Å². The van der Waals surface area contributed by atoms with Crippen LogP contribution in [-0.4, -0.2) is 47.8 Å². The lowest BCUT2D eigenvalue weighted by Gasteiger charge is -2.35. The number of non-ortho nitro benzene ring substituents is 1. The third kappa shape index (κ3) is 4.73. The first-order valence-corrected chi connectivity index (χ1v) is 11.6. The maximum absolute atomic E-state index is 12.9. The van der Waals surface area contributed by atoms with Crippen molar-refractivity contribution in [3.63, 3.8) is 0 Å². The summed E-state index contributed by atoms with van der Waals surface area (Å²) in [5.41, 5.74) is 2.20. The number of anilines is 2. The van der Waals surface area contributed by atoms with Gasteiger partial charge in [0.25, 0.3) is 17.5 Å². The summed E-state index contributed by atoms with van der Waals surface area (Å²) in [6, 6.07) is 20.4. The van der Waals surface area contributed by atoms with Crippen LogP contribution in [0, 0.1) is 10.1 Å². The van der Waals surface area contributed by atoms with Gasteiger partial charge in [-0.25, -0.2) is 0 Å². The molecule has 1 aliphatic heterocycles. The monoisotopic (exact) mass is 504 g/mol. The van der Waals surface area contributed by atoms with Crippen LogP contribution in [0.3, 0.4) is 0 Å². The van der Waals surface area contributed by atoms with Gasteiger partial charge in [-0.2, -0.15) is 0 Å². The molecular weight excluding hydrogens is 484 g/mol. The summed E-state index contributed by atoms with van der Waals surface area (Å²) >= 11 is 6.05. The van der Waals surface area contributed by atoms with Gasteiger partial charge in [0.2, 0.25) is 0 Å². The van der Waals surface area contributed by atoms with Gasteiger partial charge in [-0.05, 0) is 42.5 Å². The molecule has 1 saturated heterocycles. The Labute approximate surface area is 211 Å². The van der Waals surface area contributed by atoms with Crippen LogP contribution < -0.4 is 10.2 Å². The number of rotatable bonds is 5. The molecule has 1 fully saturated rings. The SMILES string of the molecule is O=C(Nc1ccc(N2CCN(C(=O)c3cc4ccccc4o3)CC2)cc1)c1ccc([N+](=O)[O-])cc1Cl. The first-order valence-electron chi connectivity index (χ1n) is 11.3. The summed E-state index contributed by atoms with van der Waals surface area (Å²) in [4.78, 5) is 39.7. The summed E-state index contributed by atoms with van der Waals surface area (Å²) < 4.78 is 5.72. The van der Waals surface area contributed by atoms with Crippen molar-refractivity contribution >= 4 is 51.4 Å². The fourth-order valence-corrected chi connectivity index (χ4v) is 4.43. The molecule has 3 aromatic carbocycles. The van der Waals surface area contributed by atoms with E-state index in [0.717, 1.165) is 17.1 Å². The highest BCUT2D eigenvalue weighted by Crippen LogP contribution is 2.25. The smallest absolute Gasteiger partial charge is 0.289 e. The van der Waals surface area contributed by atoms with Crippen molar-refractivity contribution in [3.8, 4) is 0 Å². The Bertz CT molecular complexity index is 1430. The molecular formula is C26H21ClN4O5. The Balaban J connectivity index is 1.18. The average molecular weight is 505 g/mol. The maximum atomic E-state index is 12.9. The van der Waals surface area contributed by atoms with E-state index in [1.165, 1.54) is 12.1 Å². The van der Waals surface area contributed by atoms with Crippen LogP contribution >= 0.6 is 11.6 Å². The third-order valence-corrected chi connectivity index (χ3v) is 6.41. The number of nitro groups is 1. The Morgan fingerprint density at radius 3 is 2.33 bits per heavy atom. The second-order valence-corrected chi connectivity index (χ2v) is 8.76. The number of piperazine rings is 1. The molecule has 0 bridgehead atoms. The zero-order valence-electron chi connectivity index (χ0n) is 19.0. The molecule has 0 aliphatic carbocycles. The second-order valence-electron chi connectivity index (χ2n) is 8.35. The number of hydrogen-bond acceptors (Lipinski definition) is 6. The summed E-state index contributed by atoms with van der Waals surface area (Å²) in [5, 5.41) is 14.5. The quantitative estimate of drug-likeness (QED) is 0.295. The first kappa shape index (κ1) is 23.4. The minimum Gasteiger partial charge on any atom is -0.451 e. The summed E-state index contributed by atoms with van der Waals surface area (Å²) in [6.07, 6.45) is 0. The molecule has 2 heterocycles. The molecule has 1 aliphatic rings. The van der Waals surface area contributed by atoms with Gasteiger partial charge in [0.15, 0.2) is 5.76 Å². The van der Waals surface area contributed by atoms with Crippen molar-refractivity contribution in [1.29, 1.82) is 0 Å². The predicted octanol–water partition coefficient (Wildman–Crippen LogP) is 5.21. The van der Waals surface area contributed by atoms with Crippen molar-refractivity contribution in [1.82, 2.24) is 4.90 Å². The molecule has 182 valence electrons. The molecule has 5 rings (SSSR count). The average Bonchev–Trinajstić information content (AvgIpc) is 3.33. The van der Waals surface area contributed by atoms with Gasteiger partial charge in [0.05, 0.1) is 15.5 Å². The van der Waals surface area contributed by atoms with E-state index in [0.29, 0.717) is 43.2 Å². The van der Waals surface area contributed by atoms with E-state index in [4.69, 9.17) is 16.0 Å². The van der Waals surface area contributed by atoms with Crippen LogP contribution in [0.5, 0.6) is 0 Å². The highest BCUT2D eigenvalue weighted by molar-refractivity contribution is 6.34. The van der Waals surface area contributed by atoms with Crippen molar-refractivity contribution in [3.05, 3.63) is 99.3 Å². The van der Waals surface area contributed by atoms with Crippen molar-refractivity contribution in [2.75, 3.05) is 36.4 Å². The number of nitrogens with zero attached hydrogens (tertiary/aromatic N) is 3. The topological polar surface area (TPSA) is 109 Å². The van der Waals surface area contributed by atoms with Crippen LogP contribution in [0.15, 0.2) is 77.2 Å². The predicted molar refractivity (Wildman–Crippen MR) is 137 cm³/mol. The molecule has 10 heteroatoms. The van der Waals surface area contributed by atoms with Gasteiger partial charge in [-0.3, -0.25) is 19.7 Å². The summed E-state index contributed by atoms with van der Waals surface area (Å²) in [7, 11) is 0. The first-order chi connectivity index (χ1) is 17.4. The largest absolute Gasteiger partial charge is 0.451 e. The summed E-state index contributed by atoms with van der Waals surface area (Å²) in [6.45, 7) is 2.45. The van der Waals surface area contributed by atoms with Gasteiger partial charge in [-0.1, -0.05) is 29.8 Å². The molecule has 0 spiro atoms. The zero-order valence-corrected chi connectivity index (χ0v) is 19.8. The van der Waals surface area contributed by atoms with E-state index in [1.807, 2.05) is 36.4 Å². The number of para-hydroxylation sites is 1.